The molecular formula is C31H34O4. The van der Waals surface area contributed by atoms with E-state index in [2.05, 4.69) is 13.8 Å². The predicted molar refractivity (Wildman–Crippen MR) is 143 cm³/mol. The summed E-state index contributed by atoms with van der Waals surface area (Å²) >= 11 is 0. The molecular weight excluding hydrogens is 436 g/mol. The number of hydrogen-bond donors (Lipinski definition) is 0. The Hall–Kier alpha value is -3.53. The Labute approximate surface area is 207 Å². The first-order valence-electron chi connectivity index (χ1n) is 12.7. The van der Waals surface area contributed by atoms with Gasteiger partial charge < -0.3 is 14.2 Å². The number of rotatable bonds is 12. The van der Waals surface area contributed by atoms with Crippen molar-refractivity contribution in [1.82, 2.24) is 0 Å². The van der Waals surface area contributed by atoms with Crippen LogP contribution in [0.5, 0.6) is 17.2 Å². The zero-order valence-electron chi connectivity index (χ0n) is 20.7. The fourth-order valence-corrected chi connectivity index (χ4v) is 4.24. The van der Waals surface area contributed by atoms with E-state index in [0.29, 0.717) is 36.0 Å². The lowest BCUT2D eigenvalue weighted by molar-refractivity contribution is 0.0732. The van der Waals surface area contributed by atoms with Crippen molar-refractivity contribution >= 4 is 27.5 Å². The van der Waals surface area contributed by atoms with Gasteiger partial charge in [-0.1, -0.05) is 100 Å². The van der Waals surface area contributed by atoms with Crippen LogP contribution >= 0.6 is 0 Å². The van der Waals surface area contributed by atoms with Crippen molar-refractivity contribution in [1.29, 1.82) is 0 Å². The van der Waals surface area contributed by atoms with Crippen molar-refractivity contribution in [3.05, 3.63) is 78.4 Å². The molecule has 0 aliphatic heterocycles. The van der Waals surface area contributed by atoms with Crippen molar-refractivity contribution < 1.29 is 19.0 Å². The average molecular weight is 471 g/mol. The molecule has 0 saturated heterocycles. The van der Waals surface area contributed by atoms with Gasteiger partial charge in [-0.05, 0) is 30.4 Å². The molecule has 0 aromatic heterocycles. The highest BCUT2D eigenvalue weighted by atomic mass is 16.5. The lowest BCUT2D eigenvalue weighted by Gasteiger charge is -2.18. The minimum atomic E-state index is -0.448. The third-order valence-electron chi connectivity index (χ3n) is 6.13. The van der Waals surface area contributed by atoms with Crippen LogP contribution in [0.2, 0.25) is 0 Å². The Bertz CT molecular complexity index is 1270. The number of fused-ring (bicyclic) bond motifs is 2. The first kappa shape index (κ1) is 24.6. The number of carbonyl (C=O) groups is 1. The second-order valence-corrected chi connectivity index (χ2v) is 8.77. The Balaban J connectivity index is 1.73. The number of ether oxygens (including phenoxy) is 3. The van der Waals surface area contributed by atoms with Crippen LogP contribution in [-0.4, -0.2) is 19.2 Å². The van der Waals surface area contributed by atoms with Crippen LogP contribution in [0.1, 0.15) is 62.7 Å². The third-order valence-corrected chi connectivity index (χ3v) is 6.13. The molecule has 0 saturated carbocycles. The molecule has 35 heavy (non-hydrogen) atoms. The molecule has 0 N–H and O–H groups in total. The number of carbonyl (C=O) groups excluding carboxylic acids is 1. The van der Waals surface area contributed by atoms with Gasteiger partial charge in [0, 0.05) is 16.2 Å². The first-order valence-corrected chi connectivity index (χ1v) is 12.7. The van der Waals surface area contributed by atoms with Gasteiger partial charge in [-0.2, -0.15) is 0 Å². The van der Waals surface area contributed by atoms with Crippen LogP contribution in [0, 0.1) is 0 Å². The summed E-state index contributed by atoms with van der Waals surface area (Å²) in [5.41, 5.74) is 0.388. The molecule has 0 aliphatic rings. The summed E-state index contributed by atoms with van der Waals surface area (Å²) in [6, 6.07) is 23.3. The van der Waals surface area contributed by atoms with Gasteiger partial charge in [-0.15, -0.1) is 0 Å². The summed E-state index contributed by atoms with van der Waals surface area (Å²) in [7, 11) is 0. The fourth-order valence-electron chi connectivity index (χ4n) is 4.24. The summed E-state index contributed by atoms with van der Waals surface area (Å²) in [4.78, 5) is 13.6. The molecule has 0 unspecified atom stereocenters. The van der Waals surface area contributed by atoms with Gasteiger partial charge in [-0.3, -0.25) is 0 Å². The van der Waals surface area contributed by atoms with Crippen LogP contribution in [0.4, 0.5) is 0 Å². The molecule has 0 amide bonds. The van der Waals surface area contributed by atoms with E-state index in [-0.39, 0.29) is 0 Å². The van der Waals surface area contributed by atoms with Crippen LogP contribution in [0.15, 0.2) is 72.8 Å². The molecule has 0 aliphatic carbocycles. The van der Waals surface area contributed by atoms with Crippen LogP contribution in [0.25, 0.3) is 21.5 Å². The summed E-state index contributed by atoms with van der Waals surface area (Å²) in [6.45, 7) is 5.48. The van der Waals surface area contributed by atoms with Gasteiger partial charge in [0.2, 0.25) is 0 Å². The van der Waals surface area contributed by atoms with Gasteiger partial charge in [0.15, 0.2) is 0 Å². The highest BCUT2D eigenvalue weighted by Gasteiger charge is 2.22. The molecule has 0 bridgehead atoms. The third kappa shape index (κ3) is 5.94. The molecule has 4 nitrogen and oxygen atoms in total. The van der Waals surface area contributed by atoms with Crippen molar-refractivity contribution in [3.8, 4) is 17.2 Å². The van der Waals surface area contributed by atoms with Crippen molar-refractivity contribution in [2.75, 3.05) is 13.2 Å². The SMILES string of the molecule is CCCCCOc1cc(C(=O)Oc2cccc3ccccc23)c(OCCCCC)c2ccccc12. The summed E-state index contributed by atoms with van der Waals surface area (Å²) < 4.78 is 18.4. The standard InChI is InChI=1S/C31H34O4/c1-3-5-11-20-33-29-22-27(30(34-21-12-6-4-2)26-18-10-9-17-25(26)29)31(32)35-28-19-13-15-23-14-7-8-16-24(23)28/h7-10,13-19,22H,3-6,11-12,20-21H2,1-2H3. The Kier molecular flexibility index (Phi) is 8.61. The van der Waals surface area contributed by atoms with Crippen LogP contribution in [0.3, 0.4) is 0 Å². The Morgan fingerprint density at radius 3 is 2.03 bits per heavy atom. The minimum Gasteiger partial charge on any atom is -0.493 e. The normalized spacial score (nSPS) is 11.0. The van der Waals surface area contributed by atoms with Gasteiger partial charge in [0.05, 0.1) is 13.2 Å². The molecule has 4 rings (SSSR count). The molecule has 4 aromatic rings. The van der Waals surface area contributed by atoms with E-state index in [4.69, 9.17) is 14.2 Å². The van der Waals surface area contributed by atoms with Crippen LogP contribution in [-0.2, 0) is 0 Å². The van der Waals surface area contributed by atoms with E-state index in [1.807, 2.05) is 66.7 Å². The fraction of sp³-hybridized carbons (Fsp3) is 0.323. The second-order valence-electron chi connectivity index (χ2n) is 8.77. The molecule has 4 heteroatoms. The second kappa shape index (κ2) is 12.3. The van der Waals surface area contributed by atoms with Gasteiger partial charge in [-0.25, -0.2) is 4.79 Å². The number of benzene rings is 4. The van der Waals surface area contributed by atoms with E-state index < -0.39 is 5.97 Å². The maximum atomic E-state index is 13.6. The van der Waals surface area contributed by atoms with Crippen LogP contribution < -0.4 is 14.2 Å². The Morgan fingerprint density at radius 1 is 0.657 bits per heavy atom. The number of esters is 1. The molecule has 0 radical (unpaired) electrons. The lowest BCUT2D eigenvalue weighted by Crippen LogP contribution is -2.13. The minimum absolute atomic E-state index is 0.388. The van der Waals surface area contributed by atoms with Crippen molar-refractivity contribution in [3.63, 3.8) is 0 Å². The molecule has 0 fully saturated rings. The maximum Gasteiger partial charge on any atom is 0.347 e. The largest absolute Gasteiger partial charge is 0.493 e. The monoisotopic (exact) mass is 470 g/mol. The molecule has 0 atom stereocenters. The van der Waals surface area contributed by atoms with E-state index in [1.54, 1.807) is 6.07 Å². The summed E-state index contributed by atoms with van der Waals surface area (Å²) in [5.74, 6) is 1.32. The Morgan fingerprint density at radius 2 is 1.29 bits per heavy atom. The summed E-state index contributed by atoms with van der Waals surface area (Å²) in [6.07, 6.45) is 6.30. The molecule has 4 aromatic carbocycles. The highest BCUT2D eigenvalue weighted by Crippen LogP contribution is 2.38. The van der Waals surface area contributed by atoms with E-state index >= 15 is 0 Å². The van der Waals surface area contributed by atoms with Gasteiger partial charge in [0.25, 0.3) is 0 Å². The van der Waals surface area contributed by atoms with Crippen molar-refractivity contribution in [2.45, 2.75) is 52.4 Å². The van der Waals surface area contributed by atoms with E-state index in [9.17, 15) is 4.79 Å². The maximum absolute atomic E-state index is 13.6. The van der Waals surface area contributed by atoms with Crippen molar-refractivity contribution in [2.24, 2.45) is 0 Å². The zero-order chi connectivity index (χ0) is 24.5. The summed E-state index contributed by atoms with van der Waals surface area (Å²) in [5, 5.41) is 3.72. The molecule has 182 valence electrons. The average Bonchev–Trinajstić information content (AvgIpc) is 2.89. The number of unbranched alkanes of at least 4 members (excludes halogenated alkanes) is 4. The van der Waals surface area contributed by atoms with E-state index in [1.165, 1.54) is 0 Å². The zero-order valence-corrected chi connectivity index (χ0v) is 20.7. The quantitative estimate of drug-likeness (QED) is 0.119. The smallest absolute Gasteiger partial charge is 0.347 e. The van der Waals surface area contributed by atoms with Gasteiger partial charge in [0.1, 0.15) is 22.8 Å². The molecule has 0 heterocycles. The first-order chi connectivity index (χ1) is 17.2. The predicted octanol–water partition coefficient (Wildman–Crippen LogP) is 8.35. The van der Waals surface area contributed by atoms with E-state index in [0.717, 1.165) is 60.1 Å². The highest BCUT2D eigenvalue weighted by molar-refractivity contribution is 6.05. The van der Waals surface area contributed by atoms with Gasteiger partial charge >= 0.3 is 5.97 Å². The molecule has 0 spiro atoms. The number of hydrogen-bond acceptors (Lipinski definition) is 4. The topological polar surface area (TPSA) is 44.8 Å². The lowest BCUT2D eigenvalue weighted by atomic mass is 10.0.